The summed E-state index contributed by atoms with van der Waals surface area (Å²) in [6.45, 7) is 2.16. The van der Waals surface area contributed by atoms with Crippen molar-refractivity contribution < 1.29 is 19.2 Å². The van der Waals surface area contributed by atoms with Crippen LogP contribution in [0.3, 0.4) is 0 Å². The number of likely N-dealkylation sites (tertiary alicyclic amines) is 1. The number of rotatable bonds is 11. The average molecular weight is 560 g/mol. The van der Waals surface area contributed by atoms with Gasteiger partial charge in [-0.1, -0.05) is 29.3 Å². The molecule has 4 amide bonds. The van der Waals surface area contributed by atoms with E-state index in [0.717, 1.165) is 24.1 Å². The van der Waals surface area contributed by atoms with Gasteiger partial charge in [-0.3, -0.25) is 24.2 Å². The van der Waals surface area contributed by atoms with Crippen LogP contribution in [0.5, 0.6) is 0 Å². The second kappa shape index (κ2) is 13.1. The van der Waals surface area contributed by atoms with Gasteiger partial charge in [0.15, 0.2) is 0 Å². The first-order valence-corrected chi connectivity index (χ1v) is 13.5. The largest absolute Gasteiger partial charge is 0.356 e. The zero-order valence-electron chi connectivity index (χ0n) is 21.1. The molecule has 0 saturated carbocycles. The molecule has 2 aliphatic rings. The summed E-state index contributed by atoms with van der Waals surface area (Å²) >= 11 is 12.3. The number of nitrogens with zero attached hydrogens (tertiary/aromatic N) is 4. The molecule has 1 aromatic heterocycles. The normalized spacial score (nSPS) is 17.9. The number of amides is 4. The van der Waals surface area contributed by atoms with Crippen molar-refractivity contribution in [3.8, 4) is 0 Å². The lowest BCUT2D eigenvalue weighted by Crippen LogP contribution is -2.60. The monoisotopic (exact) mass is 559 g/mol. The van der Waals surface area contributed by atoms with Crippen molar-refractivity contribution in [3.05, 3.63) is 63.9 Å². The molecule has 4 rings (SSSR count). The predicted octanol–water partition coefficient (Wildman–Crippen LogP) is 2.69. The molecule has 1 unspecified atom stereocenters. The van der Waals surface area contributed by atoms with Crippen LogP contribution in [0.4, 0.5) is 0 Å². The minimum absolute atomic E-state index is 0.0723. The fourth-order valence-corrected chi connectivity index (χ4v) is 5.29. The number of carbonyl (C=O) groups excluding carboxylic acids is 4. The van der Waals surface area contributed by atoms with E-state index in [2.05, 4.69) is 10.3 Å². The Bertz CT molecular complexity index is 1180. The number of hydrogen-bond acceptors (Lipinski definition) is 5. The Hall–Kier alpha value is -3.17. The molecule has 11 heteroatoms. The topological polar surface area (TPSA) is 103 Å². The first-order chi connectivity index (χ1) is 18.3. The quantitative estimate of drug-likeness (QED) is 0.426. The van der Waals surface area contributed by atoms with Crippen molar-refractivity contribution in [1.29, 1.82) is 0 Å². The van der Waals surface area contributed by atoms with Gasteiger partial charge in [-0.2, -0.15) is 0 Å². The number of carbonyl (C=O) groups is 4. The van der Waals surface area contributed by atoms with E-state index in [1.54, 1.807) is 47.6 Å². The Labute approximate surface area is 232 Å². The summed E-state index contributed by atoms with van der Waals surface area (Å²) in [7, 11) is 0. The smallest absolute Gasteiger partial charge is 0.246 e. The van der Waals surface area contributed by atoms with E-state index in [1.807, 2.05) is 0 Å². The van der Waals surface area contributed by atoms with Gasteiger partial charge < -0.3 is 20.0 Å². The lowest BCUT2D eigenvalue weighted by molar-refractivity contribution is -0.157. The van der Waals surface area contributed by atoms with E-state index in [-0.39, 0.29) is 49.7 Å². The molecule has 1 atom stereocenters. The van der Waals surface area contributed by atoms with Gasteiger partial charge in [0, 0.05) is 61.6 Å². The number of nitrogens with one attached hydrogen (secondary N) is 1. The Morgan fingerprint density at radius 2 is 1.82 bits per heavy atom. The van der Waals surface area contributed by atoms with Crippen molar-refractivity contribution in [2.45, 2.75) is 44.7 Å². The molecular weight excluding hydrogens is 529 g/mol. The maximum absolute atomic E-state index is 13.5. The summed E-state index contributed by atoms with van der Waals surface area (Å²) in [6, 6.07) is 7.81. The van der Waals surface area contributed by atoms with E-state index < -0.39 is 6.04 Å². The third-order valence-corrected chi connectivity index (χ3v) is 7.45. The molecule has 3 heterocycles. The van der Waals surface area contributed by atoms with Gasteiger partial charge in [0.1, 0.15) is 6.04 Å². The highest BCUT2D eigenvalue weighted by Crippen LogP contribution is 2.23. The maximum atomic E-state index is 13.5. The molecule has 2 fully saturated rings. The molecule has 202 valence electrons. The molecular formula is C27H31Cl2N5O4. The van der Waals surface area contributed by atoms with Crippen LogP contribution in [0.1, 0.15) is 36.8 Å². The molecule has 0 bridgehead atoms. The molecule has 2 aromatic rings. The number of piperazine rings is 1. The van der Waals surface area contributed by atoms with Crippen LogP contribution in [0.15, 0.2) is 42.7 Å². The van der Waals surface area contributed by atoms with Gasteiger partial charge >= 0.3 is 0 Å². The summed E-state index contributed by atoms with van der Waals surface area (Å²) in [6.07, 6.45) is 5.64. The molecule has 0 aliphatic carbocycles. The third-order valence-electron chi connectivity index (χ3n) is 6.86. The highest BCUT2D eigenvalue weighted by atomic mass is 35.5. The number of halogens is 2. The van der Waals surface area contributed by atoms with Crippen molar-refractivity contribution in [3.63, 3.8) is 0 Å². The van der Waals surface area contributed by atoms with Crippen LogP contribution in [-0.4, -0.2) is 82.1 Å². The fraction of sp³-hybridized carbons (Fsp3) is 0.444. The van der Waals surface area contributed by atoms with Crippen LogP contribution in [0, 0.1) is 0 Å². The Morgan fingerprint density at radius 3 is 2.53 bits per heavy atom. The second-order valence-electron chi connectivity index (χ2n) is 9.53. The summed E-state index contributed by atoms with van der Waals surface area (Å²) in [5.41, 5.74) is 1.64. The summed E-state index contributed by atoms with van der Waals surface area (Å²) in [5.74, 6) is -0.670. The highest BCUT2D eigenvalue weighted by molar-refractivity contribution is 6.35. The summed E-state index contributed by atoms with van der Waals surface area (Å²) in [5, 5.41) is 3.87. The predicted molar refractivity (Wildman–Crippen MR) is 143 cm³/mol. The lowest BCUT2D eigenvalue weighted by Gasteiger charge is -2.40. The summed E-state index contributed by atoms with van der Waals surface area (Å²) < 4.78 is 0. The van der Waals surface area contributed by atoms with E-state index >= 15 is 0 Å². The van der Waals surface area contributed by atoms with Crippen molar-refractivity contribution in [1.82, 2.24) is 25.0 Å². The third kappa shape index (κ3) is 7.23. The van der Waals surface area contributed by atoms with Gasteiger partial charge in [-0.15, -0.1) is 0 Å². The molecule has 38 heavy (non-hydrogen) atoms. The zero-order chi connectivity index (χ0) is 27.1. The van der Waals surface area contributed by atoms with Crippen LogP contribution >= 0.6 is 23.2 Å². The van der Waals surface area contributed by atoms with E-state index in [9.17, 15) is 19.2 Å². The van der Waals surface area contributed by atoms with E-state index in [4.69, 9.17) is 23.2 Å². The zero-order valence-corrected chi connectivity index (χ0v) is 22.6. The molecule has 9 nitrogen and oxygen atoms in total. The molecule has 1 aromatic carbocycles. The molecule has 2 aliphatic heterocycles. The molecule has 0 spiro atoms. The van der Waals surface area contributed by atoms with Crippen molar-refractivity contribution >= 4 is 46.8 Å². The van der Waals surface area contributed by atoms with Gasteiger partial charge in [0.2, 0.25) is 23.6 Å². The first-order valence-electron chi connectivity index (χ1n) is 12.8. The van der Waals surface area contributed by atoms with Gasteiger partial charge in [-0.25, -0.2) is 0 Å². The number of hydrogen-bond donors (Lipinski definition) is 1. The van der Waals surface area contributed by atoms with Crippen LogP contribution in [0.2, 0.25) is 10.0 Å². The Balaban J connectivity index is 1.40. The summed E-state index contributed by atoms with van der Waals surface area (Å²) in [4.78, 5) is 60.2. The second-order valence-corrected chi connectivity index (χ2v) is 10.4. The lowest BCUT2D eigenvalue weighted by atomic mass is 10.0. The van der Waals surface area contributed by atoms with Crippen molar-refractivity contribution in [2.24, 2.45) is 0 Å². The van der Waals surface area contributed by atoms with Crippen LogP contribution in [0.25, 0.3) is 0 Å². The van der Waals surface area contributed by atoms with E-state index in [1.165, 1.54) is 9.80 Å². The molecule has 2 saturated heterocycles. The molecule has 0 radical (unpaired) electrons. The van der Waals surface area contributed by atoms with Crippen LogP contribution in [-0.2, 0) is 32.1 Å². The fourth-order valence-electron chi connectivity index (χ4n) is 4.79. The Morgan fingerprint density at radius 1 is 1.03 bits per heavy atom. The molecule has 1 N–H and O–H groups in total. The van der Waals surface area contributed by atoms with Crippen molar-refractivity contribution in [2.75, 3.05) is 32.7 Å². The van der Waals surface area contributed by atoms with E-state index in [0.29, 0.717) is 42.4 Å². The SMILES string of the molecule is O=C(CC1C(=O)N(CCc2ccc(Cl)cc2Cl)CC(=O)N1Cc1ccncc1)NCCCN1CCCC1=O. The Kier molecular flexibility index (Phi) is 9.58. The highest BCUT2D eigenvalue weighted by Gasteiger charge is 2.40. The van der Waals surface area contributed by atoms with Crippen LogP contribution < -0.4 is 5.32 Å². The maximum Gasteiger partial charge on any atom is 0.246 e. The average Bonchev–Trinajstić information content (AvgIpc) is 3.31. The minimum atomic E-state index is -0.926. The van der Waals surface area contributed by atoms with Gasteiger partial charge in [-0.05, 0) is 54.7 Å². The number of pyridine rings is 1. The number of aromatic nitrogens is 1. The number of benzene rings is 1. The van der Waals surface area contributed by atoms with Gasteiger partial charge in [0.05, 0.1) is 13.0 Å². The first kappa shape index (κ1) is 27.9. The standard InChI is InChI=1S/C27H31Cl2N5O4/c28-21-5-4-20(22(29)15-21)8-14-33-18-26(37)34(17-19-6-10-30-11-7-19)23(27(33)38)16-24(35)31-9-2-13-32-12-1-3-25(32)36/h4-7,10-11,15,23H,1-3,8-9,12-14,16-18H2,(H,31,35). The minimum Gasteiger partial charge on any atom is -0.356 e. The van der Waals surface area contributed by atoms with Gasteiger partial charge in [0.25, 0.3) is 0 Å².